The molecule has 0 radical (unpaired) electrons. The maximum absolute atomic E-state index is 14.0. The number of ether oxygens (including phenoxy) is 3. The highest BCUT2D eigenvalue weighted by Crippen LogP contribution is 2.59. The summed E-state index contributed by atoms with van der Waals surface area (Å²) in [5.41, 5.74) is 0.0339. The van der Waals surface area contributed by atoms with Crippen LogP contribution in [0.15, 0.2) is 24.3 Å². The Labute approximate surface area is 205 Å². The van der Waals surface area contributed by atoms with Crippen molar-refractivity contribution < 1.29 is 37.7 Å². The number of carbonyl (C=O) groups excluding carboxylic acids is 1. The molecule has 1 N–H and O–H groups in total. The minimum atomic E-state index is -4.19. The molecule has 0 spiro atoms. The molecular weight excluding hydrogens is 458 g/mol. The number of halogens is 2. The molecule has 7 unspecified atom stereocenters. The lowest BCUT2D eigenvalue weighted by Gasteiger charge is -2.35. The average molecular weight is 495 g/mol. The number of carboxylic acid groups (broad SMARTS) is 1. The Kier molecular flexibility index (Phi) is 7.41. The zero-order chi connectivity index (χ0) is 25.5. The number of aliphatic carboxylic acids is 1. The van der Waals surface area contributed by atoms with Crippen LogP contribution in [0.2, 0.25) is 0 Å². The SMILES string of the molecule is CC(C)C(Oc1ccc(C(=O)OC(C(C)C)C(F)(F)C(=O)O)cc1)OC1CC2CC1C1CCCC21. The summed E-state index contributed by atoms with van der Waals surface area (Å²) in [6.45, 7) is 6.83. The molecule has 0 saturated heterocycles. The summed E-state index contributed by atoms with van der Waals surface area (Å²) in [7, 11) is 0. The smallest absolute Gasteiger partial charge is 0.378 e. The molecule has 0 amide bonds. The second-order valence-corrected chi connectivity index (χ2v) is 11.1. The predicted molar refractivity (Wildman–Crippen MR) is 124 cm³/mol. The standard InChI is InChI=1S/C27H36F2O6/c1-14(2)23(27(28,29)26(31)32)35-24(30)16-8-10-18(11-9-16)33-25(15(3)4)34-22-13-17-12-21(22)20-7-5-6-19(17)20/h8-11,14-15,17,19-23,25H,5-7,12-13H2,1-4H3,(H,31,32). The van der Waals surface area contributed by atoms with Crippen LogP contribution in [-0.2, 0) is 14.3 Å². The quantitative estimate of drug-likeness (QED) is 0.328. The molecule has 6 nitrogen and oxygen atoms in total. The van der Waals surface area contributed by atoms with Gasteiger partial charge in [-0.15, -0.1) is 0 Å². The highest BCUT2D eigenvalue weighted by molar-refractivity contribution is 5.90. The summed E-state index contributed by atoms with van der Waals surface area (Å²) in [5.74, 6) is -4.73. The van der Waals surface area contributed by atoms with E-state index in [0.717, 1.165) is 24.2 Å². The van der Waals surface area contributed by atoms with Crippen LogP contribution in [0.5, 0.6) is 5.75 Å². The summed E-state index contributed by atoms with van der Waals surface area (Å²) in [5, 5.41) is 8.82. The fourth-order valence-corrected chi connectivity index (χ4v) is 6.39. The van der Waals surface area contributed by atoms with Gasteiger partial charge in [-0.05, 0) is 79.5 Å². The van der Waals surface area contributed by atoms with Crippen LogP contribution >= 0.6 is 0 Å². The second kappa shape index (κ2) is 10.0. The van der Waals surface area contributed by atoms with E-state index in [1.807, 2.05) is 13.8 Å². The van der Waals surface area contributed by atoms with Gasteiger partial charge in [-0.2, -0.15) is 8.78 Å². The molecule has 7 atom stereocenters. The molecule has 3 aliphatic rings. The van der Waals surface area contributed by atoms with E-state index in [1.165, 1.54) is 51.7 Å². The first kappa shape index (κ1) is 25.9. The second-order valence-electron chi connectivity index (χ2n) is 11.1. The van der Waals surface area contributed by atoms with E-state index in [2.05, 4.69) is 0 Å². The zero-order valence-electron chi connectivity index (χ0n) is 20.8. The lowest BCUT2D eigenvalue weighted by Crippen LogP contribution is -2.47. The average Bonchev–Trinajstić information content (AvgIpc) is 3.50. The maximum atomic E-state index is 14.0. The Morgan fingerprint density at radius 1 is 0.971 bits per heavy atom. The molecule has 2 bridgehead atoms. The first-order chi connectivity index (χ1) is 16.5. The fourth-order valence-electron chi connectivity index (χ4n) is 6.39. The minimum Gasteiger partial charge on any atom is -0.477 e. The lowest BCUT2D eigenvalue weighted by atomic mass is 9.80. The number of hydrogen-bond donors (Lipinski definition) is 1. The molecule has 8 heteroatoms. The van der Waals surface area contributed by atoms with Crippen LogP contribution in [0.3, 0.4) is 0 Å². The number of benzene rings is 1. The highest BCUT2D eigenvalue weighted by Gasteiger charge is 2.55. The summed E-state index contributed by atoms with van der Waals surface area (Å²) >= 11 is 0. The number of hydrogen-bond acceptors (Lipinski definition) is 5. The molecule has 3 aliphatic carbocycles. The lowest BCUT2D eigenvalue weighted by molar-refractivity contribution is -0.187. The van der Waals surface area contributed by atoms with Gasteiger partial charge in [-0.1, -0.05) is 34.1 Å². The van der Waals surface area contributed by atoms with E-state index in [4.69, 9.17) is 19.3 Å². The van der Waals surface area contributed by atoms with E-state index in [9.17, 15) is 18.4 Å². The van der Waals surface area contributed by atoms with Crippen molar-refractivity contribution >= 4 is 11.9 Å². The summed E-state index contributed by atoms with van der Waals surface area (Å²) < 4.78 is 45.5. The molecule has 0 aromatic heterocycles. The molecule has 1 aromatic carbocycles. The molecule has 3 saturated carbocycles. The van der Waals surface area contributed by atoms with Crippen molar-refractivity contribution in [1.29, 1.82) is 0 Å². The minimum absolute atomic E-state index is 0.0339. The van der Waals surface area contributed by atoms with Crippen molar-refractivity contribution in [3.8, 4) is 5.75 Å². The van der Waals surface area contributed by atoms with Crippen molar-refractivity contribution in [2.45, 2.75) is 84.2 Å². The number of rotatable bonds is 10. The van der Waals surface area contributed by atoms with E-state index >= 15 is 0 Å². The topological polar surface area (TPSA) is 82.1 Å². The monoisotopic (exact) mass is 494 g/mol. The summed E-state index contributed by atoms with van der Waals surface area (Å²) in [6, 6.07) is 5.99. The molecule has 3 fully saturated rings. The molecule has 0 heterocycles. The van der Waals surface area contributed by atoms with Crippen molar-refractivity contribution in [3.05, 3.63) is 29.8 Å². The molecule has 194 valence electrons. The Balaban J connectivity index is 1.37. The van der Waals surface area contributed by atoms with Gasteiger partial charge in [0.05, 0.1) is 11.7 Å². The number of esters is 1. The molecule has 0 aliphatic heterocycles. The Bertz CT molecular complexity index is 915. The van der Waals surface area contributed by atoms with Gasteiger partial charge in [-0.25, -0.2) is 9.59 Å². The maximum Gasteiger partial charge on any atom is 0.378 e. The first-order valence-electron chi connectivity index (χ1n) is 12.7. The van der Waals surface area contributed by atoms with E-state index < -0.39 is 36.2 Å². The van der Waals surface area contributed by atoms with Crippen LogP contribution in [0.25, 0.3) is 0 Å². The van der Waals surface area contributed by atoms with Crippen molar-refractivity contribution in [1.82, 2.24) is 0 Å². The highest BCUT2D eigenvalue weighted by atomic mass is 19.3. The van der Waals surface area contributed by atoms with Gasteiger partial charge in [-0.3, -0.25) is 0 Å². The number of carbonyl (C=O) groups is 2. The largest absolute Gasteiger partial charge is 0.477 e. The summed E-state index contributed by atoms with van der Waals surface area (Å²) in [6.07, 6.45) is 4.07. The van der Waals surface area contributed by atoms with Crippen LogP contribution < -0.4 is 4.74 Å². The van der Waals surface area contributed by atoms with Gasteiger partial charge in [0.25, 0.3) is 0 Å². The zero-order valence-corrected chi connectivity index (χ0v) is 20.8. The summed E-state index contributed by atoms with van der Waals surface area (Å²) in [4.78, 5) is 23.4. The van der Waals surface area contributed by atoms with Gasteiger partial charge in [0, 0.05) is 5.92 Å². The number of fused-ring (bicyclic) bond motifs is 5. The predicted octanol–water partition coefficient (Wildman–Crippen LogP) is 5.79. The molecular formula is C27H36F2O6. The van der Waals surface area contributed by atoms with Gasteiger partial charge in [0.2, 0.25) is 6.29 Å². The van der Waals surface area contributed by atoms with Crippen molar-refractivity contribution in [2.75, 3.05) is 0 Å². The van der Waals surface area contributed by atoms with Crippen molar-refractivity contribution in [3.63, 3.8) is 0 Å². The normalized spacial score (nSPS) is 29.3. The van der Waals surface area contributed by atoms with Gasteiger partial charge < -0.3 is 19.3 Å². The van der Waals surface area contributed by atoms with E-state index in [1.54, 1.807) is 12.1 Å². The molecule has 4 rings (SSSR count). The third kappa shape index (κ3) is 5.18. The Morgan fingerprint density at radius 3 is 2.23 bits per heavy atom. The third-order valence-corrected chi connectivity index (χ3v) is 8.05. The Morgan fingerprint density at radius 2 is 1.63 bits per heavy atom. The molecule has 1 aromatic rings. The fraction of sp³-hybridized carbons (Fsp3) is 0.704. The van der Waals surface area contributed by atoms with Gasteiger partial charge in [0.1, 0.15) is 5.75 Å². The van der Waals surface area contributed by atoms with Crippen LogP contribution in [0, 0.1) is 35.5 Å². The van der Waals surface area contributed by atoms with Crippen LogP contribution in [0.1, 0.15) is 70.2 Å². The van der Waals surface area contributed by atoms with Gasteiger partial charge >= 0.3 is 17.9 Å². The van der Waals surface area contributed by atoms with E-state index in [0.29, 0.717) is 11.7 Å². The first-order valence-corrected chi connectivity index (χ1v) is 12.7. The number of carboxylic acids is 1. The van der Waals surface area contributed by atoms with Gasteiger partial charge in [0.15, 0.2) is 6.10 Å². The molecule has 35 heavy (non-hydrogen) atoms. The van der Waals surface area contributed by atoms with Crippen molar-refractivity contribution in [2.24, 2.45) is 35.5 Å². The number of alkyl halides is 2. The van der Waals surface area contributed by atoms with E-state index in [-0.39, 0.29) is 17.6 Å². The Hall–Kier alpha value is -2.22. The third-order valence-electron chi connectivity index (χ3n) is 8.05. The van der Waals surface area contributed by atoms with Crippen LogP contribution in [-0.4, -0.2) is 41.5 Å². The van der Waals surface area contributed by atoms with Crippen LogP contribution in [0.4, 0.5) is 8.78 Å².